The summed E-state index contributed by atoms with van der Waals surface area (Å²) >= 11 is 0. The Hall–Kier alpha value is -2.41. The number of carboxylic acids is 1. The van der Waals surface area contributed by atoms with Crippen LogP contribution in [0.5, 0.6) is 0 Å². The summed E-state index contributed by atoms with van der Waals surface area (Å²) in [6.07, 6.45) is 2.79. The van der Waals surface area contributed by atoms with Gasteiger partial charge in [0.2, 0.25) is 0 Å². The fourth-order valence-corrected chi connectivity index (χ4v) is 3.29. The van der Waals surface area contributed by atoms with Crippen molar-refractivity contribution in [2.45, 2.75) is 31.5 Å². The predicted octanol–water partition coefficient (Wildman–Crippen LogP) is 2.90. The molecule has 1 saturated heterocycles. The van der Waals surface area contributed by atoms with Crippen LogP contribution in [-0.4, -0.2) is 27.1 Å². The van der Waals surface area contributed by atoms with Gasteiger partial charge in [-0.15, -0.1) is 0 Å². The van der Waals surface area contributed by atoms with Gasteiger partial charge in [0, 0.05) is 18.1 Å². The molecule has 1 N–H and O–H groups in total. The number of carboxylic acid groups (broad SMARTS) is 1. The number of nitrogens with zero attached hydrogens (tertiary/aromatic N) is 2. The van der Waals surface area contributed by atoms with Gasteiger partial charge in [0.1, 0.15) is 23.3 Å². The van der Waals surface area contributed by atoms with Crippen LogP contribution >= 0.6 is 0 Å². The van der Waals surface area contributed by atoms with Gasteiger partial charge in [0.15, 0.2) is 5.82 Å². The number of halogens is 2. The highest BCUT2D eigenvalue weighted by atomic mass is 19.1. The Morgan fingerprint density at radius 1 is 1.30 bits per heavy atom. The van der Waals surface area contributed by atoms with Crippen LogP contribution in [0.15, 0.2) is 18.3 Å². The molecule has 0 saturated carbocycles. The average Bonchev–Trinajstić information content (AvgIpc) is 2.89. The SMILES string of the molecule is O=C(O)c1cc(-c2ncc(F)cc2F)c2c(n1)[C@H]1CC[C@@H](C2)O1. The zero-order valence-corrected chi connectivity index (χ0v) is 11.9. The number of rotatable bonds is 2. The van der Waals surface area contributed by atoms with Crippen molar-refractivity contribution < 1.29 is 23.4 Å². The van der Waals surface area contributed by atoms with Crippen LogP contribution in [0.1, 0.15) is 40.7 Å². The molecule has 0 aromatic carbocycles. The fourth-order valence-electron chi connectivity index (χ4n) is 3.29. The number of pyridine rings is 2. The average molecular weight is 318 g/mol. The highest BCUT2D eigenvalue weighted by Gasteiger charge is 2.37. The number of aromatic carboxylic acids is 1. The summed E-state index contributed by atoms with van der Waals surface area (Å²) in [6.45, 7) is 0. The third-order valence-corrected chi connectivity index (χ3v) is 4.28. The Morgan fingerprint density at radius 2 is 2.13 bits per heavy atom. The van der Waals surface area contributed by atoms with E-state index in [-0.39, 0.29) is 23.6 Å². The van der Waals surface area contributed by atoms with Crippen molar-refractivity contribution in [1.29, 1.82) is 0 Å². The molecule has 2 aliphatic heterocycles. The lowest BCUT2D eigenvalue weighted by Gasteiger charge is -2.25. The molecule has 2 atom stereocenters. The van der Waals surface area contributed by atoms with Gasteiger partial charge in [0.25, 0.3) is 0 Å². The predicted molar refractivity (Wildman–Crippen MR) is 74.9 cm³/mol. The smallest absolute Gasteiger partial charge is 0.354 e. The first-order chi connectivity index (χ1) is 11.0. The van der Waals surface area contributed by atoms with E-state index in [1.807, 2.05) is 0 Å². The first-order valence-corrected chi connectivity index (χ1v) is 7.27. The number of hydrogen-bond acceptors (Lipinski definition) is 4. The summed E-state index contributed by atoms with van der Waals surface area (Å²) in [5.41, 5.74) is 1.36. The molecule has 118 valence electrons. The van der Waals surface area contributed by atoms with Gasteiger partial charge in [-0.25, -0.2) is 18.6 Å². The Labute approximate surface area is 130 Å². The Morgan fingerprint density at radius 3 is 2.87 bits per heavy atom. The van der Waals surface area contributed by atoms with Crippen LogP contribution in [0, 0.1) is 11.6 Å². The van der Waals surface area contributed by atoms with Gasteiger partial charge in [-0.3, -0.25) is 4.98 Å². The van der Waals surface area contributed by atoms with E-state index in [4.69, 9.17) is 4.74 Å². The second-order valence-corrected chi connectivity index (χ2v) is 5.74. The molecule has 0 unspecified atom stereocenters. The molecule has 2 aliphatic rings. The second-order valence-electron chi connectivity index (χ2n) is 5.74. The van der Waals surface area contributed by atoms with Crippen LogP contribution in [-0.2, 0) is 11.2 Å². The molecule has 4 heterocycles. The summed E-state index contributed by atoms with van der Waals surface area (Å²) in [7, 11) is 0. The highest BCUT2D eigenvalue weighted by molar-refractivity contribution is 5.87. The monoisotopic (exact) mass is 318 g/mol. The number of fused-ring (bicyclic) bond motifs is 4. The topological polar surface area (TPSA) is 72.3 Å². The van der Waals surface area contributed by atoms with E-state index in [1.165, 1.54) is 6.07 Å². The molecule has 7 heteroatoms. The van der Waals surface area contributed by atoms with Crippen LogP contribution in [0.3, 0.4) is 0 Å². The number of ether oxygens (including phenoxy) is 1. The first kappa shape index (κ1) is 14.2. The third kappa shape index (κ3) is 2.28. The third-order valence-electron chi connectivity index (χ3n) is 4.28. The number of hydrogen-bond donors (Lipinski definition) is 1. The molecule has 2 aromatic heterocycles. The zero-order chi connectivity index (χ0) is 16.1. The largest absolute Gasteiger partial charge is 0.477 e. The lowest BCUT2D eigenvalue weighted by atomic mass is 9.94. The molecule has 1 fully saturated rings. The van der Waals surface area contributed by atoms with Gasteiger partial charge in [-0.1, -0.05) is 0 Å². The van der Waals surface area contributed by atoms with Crippen LogP contribution < -0.4 is 0 Å². The van der Waals surface area contributed by atoms with Crippen molar-refractivity contribution in [3.63, 3.8) is 0 Å². The van der Waals surface area contributed by atoms with Crippen LogP contribution in [0.4, 0.5) is 8.78 Å². The number of aromatic nitrogens is 2. The van der Waals surface area contributed by atoms with E-state index in [1.54, 1.807) is 0 Å². The van der Waals surface area contributed by atoms with Crippen molar-refractivity contribution in [2.75, 3.05) is 0 Å². The van der Waals surface area contributed by atoms with E-state index in [2.05, 4.69) is 9.97 Å². The quantitative estimate of drug-likeness (QED) is 0.922. The van der Waals surface area contributed by atoms with Crippen molar-refractivity contribution >= 4 is 5.97 Å². The molecule has 23 heavy (non-hydrogen) atoms. The Balaban J connectivity index is 1.97. The van der Waals surface area contributed by atoms with Crippen molar-refractivity contribution in [2.24, 2.45) is 0 Å². The van der Waals surface area contributed by atoms with Gasteiger partial charge >= 0.3 is 5.97 Å². The first-order valence-electron chi connectivity index (χ1n) is 7.27. The molecule has 2 bridgehead atoms. The summed E-state index contributed by atoms with van der Waals surface area (Å²) in [6, 6.07) is 2.04. The lowest BCUT2D eigenvalue weighted by Crippen LogP contribution is -2.21. The van der Waals surface area contributed by atoms with E-state index in [9.17, 15) is 18.7 Å². The zero-order valence-electron chi connectivity index (χ0n) is 11.9. The second kappa shape index (κ2) is 5.06. The maximum Gasteiger partial charge on any atom is 0.354 e. The molecule has 0 amide bonds. The summed E-state index contributed by atoms with van der Waals surface area (Å²) in [5, 5.41) is 9.26. The molecule has 0 spiro atoms. The fraction of sp³-hybridized carbons (Fsp3) is 0.312. The molecule has 2 aromatic rings. The Bertz CT molecular complexity index is 825. The highest BCUT2D eigenvalue weighted by Crippen LogP contribution is 2.43. The molecule has 4 rings (SSSR count). The molecule has 0 radical (unpaired) electrons. The molecular weight excluding hydrogens is 306 g/mol. The minimum atomic E-state index is -1.21. The normalized spacial score (nSPS) is 22.0. The summed E-state index contributed by atoms with van der Waals surface area (Å²) in [4.78, 5) is 19.3. The minimum Gasteiger partial charge on any atom is -0.477 e. The standard InChI is InChI=1S/C16H12F2N2O3/c17-7-3-11(18)14(19-6-7)10-5-12(16(21)22)20-15-9(10)4-8-1-2-13(15)23-8/h3,5-6,8,13H,1-2,4H2,(H,21,22)/t8-,13+/m0/s1. The van der Waals surface area contributed by atoms with Crippen molar-refractivity contribution in [1.82, 2.24) is 9.97 Å². The van der Waals surface area contributed by atoms with Gasteiger partial charge in [0.05, 0.1) is 18.0 Å². The van der Waals surface area contributed by atoms with Crippen molar-refractivity contribution in [3.05, 3.63) is 46.9 Å². The van der Waals surface area contributed by atoms with E-state index >= 15 is 0 Å². The van der Waals surface area contributed by atoms with Gasteiger partial charge in [-0.05, 0) is 24.5 Å². The maximum absolute atomic E-state index is 14.1. The van der Waals surface area contributed by atoms with E-state index < -0.39 is 17.6 Å². The van der Waals surface area contributed by atoms with E-state index in [0.717, 1.165) is 30.7 Å². The van der Waals surface area contributed by atoms with E-state index in [0.29, 0.717) is 17.7 Å². The molecular formula is C16H12F2N2O3. The maximum atomic E-state index is 14.1. The van der Waals surface area contributed by atoms with Crippen LogP contribution in [0.25, 0.3) is 11.3 Å². The van der Waals surface area contributed by atoms with Crippen molar-refractivity contribution in [3.8, 4) is 11.3 Å². The lowest BCUT2D eigenvalue weighted by molar-refractivity contribution is 0.0293. The van der Waals surface area contributed by atoms with Crippen LogP contribution in [0.2, 0.25) is 0 Å². The molecule has 5 nitrogen and oxygen atoms in total. The van der Waals surface area contributed by atoms with Gasteiger partial charge in [-0.2, -0.15) is 0 Å². The van der Waals surface area contributed by atoms with Gasteiger partial charge < -0.3 is 9.84 Å². The molecule has 0 aliphatic carbocycles. The number of carbonyl (C=O) groups is 1. The summed E-state index contributed by atoms with van der Waals surface area (Å²) in [5.74, 6) is -2.82. The minimum absolute atomic E-state index is 0.0206. The summed E-state index contributed by atoms with van der Waals surface area (Å²) < 4.78 is 33.0. The Kier molecular flexibility index (Phi) is 3.12.